The fourth-order valence-electron chi connectivity index (χ4n) is 2.97. The van der Waals surface area contributed by atoms with E-state index in [4.69, 9.17) is 32.7 Å². The van der Waals surface area contributed by atoms with Crippen LogP contribution < -0.4 is 5.32 Å². The van der Waals surface area contributed by atoms with E-state index in [0.29, 0.717) is 16.3 Å². The number of ether oxygens (including phenoxy) is 2. The second-order valence-corrected chi connectivity index (χ2v) is 7.10. The van der Waals surface area contributed by atoms with E-state index in [1.54, 1.807) is 32.9 Å². The highest BCUT2D eigenvalue weighted by Gasteiger charge is 2.39. The number of aliphatic hydroxyl groups excluding tert-OH is 1. The number of nitrogens with one attached hydrogen (secondary N) is 1. The van der Waals surface area contributed by atoms with E-state index >= 15 is 0 Å². The van der Waals surface area contributed by atoms with Gasteiger partial charge in [0.05, 0.1) is 42.6 Å². The Morgan fingerprint density at radius 2 is 1.89 bits per heavy atom. The number of aliphatic hydroxyl groups is 1. The van der Waals surface area contributed by atoms with E-state index in [1.165, 1.54) is 13.2 Å². The lowest BCUT2D eigenvalue weighted by Crippen LogP contribution is -2.34. The van der Waals surface area contributed by atoms with Crippen LogP contribution in [0.1, 0.15) is 32.3 Å². The number of allylic oxidation sites excluding steroid dienone is 1. The molecule has 6 nitrogen and oxygen atoms in total. The van der Waals surface area contributed by atoms with Crippen molar-refractivity contribution in [3.8, 4) is 0 Å². The maximum atomic E-state index is 12.8. The molecule has 0 fully saturated rings. The first-order chi connectivity index (χ1) is 12.7. The molecule has 0 saturated carbocycles. The predicted octanol–water partition coefficient (Wildman–Crippen LogP) is 3.33. The van der Waals surface area contributed by atoms with E-state index in [0.717, 1.165) is 0 Å². The van der Waals surface area contributed by atoms with Crippen LogP contribution in [0.2, 0.25) is 10.0 Å². The summed E-state index contributed by atoms with van der Waals surface area (Å²) in [5, 5.41) is 13.3. The van der Waals surface area contributed by atoms with Gasteiger partial charge in [-0.25, -0.2) is 9.59 Å². The van der Waals surface area contributed by atoms with Gasteiger partial charge in [0, 0.05) is 15.7 Å². The molecule has 2 rings (SSSR count). The topological polar surface area (TPSA) is 84.9 Å². The first kappa shape index (κ1) is 21.3. The lowest BCUT2D eigenvalue weighted by molar-refractivity contribution is -0.143. The normalized spacial score (nSPS) is 17.1. The molecule has 0 bridgehead atoms. The molecule has 0 radical (unpaired) electrons. The number of methoxy groups -OCH3 is 1. The molecule has 146 valence electrons. The molecule has 0 spiro atoms. The molecule has 1 aromatic carbocycles. The molecular weight excluding hydrogens is 393 g/mol. The van der Waals surface area contributed by atoms with Crippen molar-refractivity contribution < 1.29 is 24.2 Å². The summed E-state index contributed by atoms with van der Waals surface area (Å²) in [6.07, 6.45) is -0.357. The molecule has 1 aliphatic rings. The lowest BCUT2D eigenvalue weighted by atomic mass is 9.80. The van der Waals surface area contributed by atoms with Crippen LogP contribution in [-0.4, -0.2) is 36.9 Å². The minimum Gasteiger partial charge on any atom is -0.466 e. The first-order valence-corrected chi connectivity index (χ1v) is 9.02. The fraction of sp³-hybridized carbons (Fsp3) is 0.368. The summed E-state index contributed by atoms with van der Waals surface area (Å²) in [7, 11) is 1.22. The van der Waals surface area contributed by atoms with E-state index in [1.807, 2.05) is 0 Å². The number of halogens is 2. The summed E-state index contributed by atoms with van der Waals surface area (Å²) in [4.78, 5) is 25.3. The van der Waals surface area contributed by atoms with Crippen LogP contribution in [0, 0.1) is 0 Å². The van der Waals surface area contributed by atoms with E-state index in [-0.39, 0.29) is 28.0 Å². The minimum absolute atomic E-state index is 0.0885. The van der Waals surface area contributed by atoms with Gasteiger partial charge in [-0.15, -0.1) is 0 Å². The van der Waals surface area contributed by atoms with Gasteiger partial charge in [0.2, 0.25) is 0 Å². The number of dihydropyridines is 1. The molecule has 1 aliphatic heterocycles. The second-order valence-electron chi connectivity index (χ2n) is 6.26. The van der Waals surface area contributed by atoms with Gasteiger partial charge in [0.1, 0.15) is 0 Å². The zero-order valence-electron chi connectivity index (χ0n) is 15.4. The summed E-state index contributed by atoms with van der Waals surface area (Å²) in [5.74, 6) is -2.16. The van der Waals surface area contributed by atoms with Gasteiger partial charge in [0.15, 0.2) is 0 Å². The summed E-state index contributed by atoms with van der Waals surface area (Å²) >= 11 is 12.4. The summed E-state index contributed by atoms with van der Waals surface area (Å²) in [6.45, 7) is 4.67. The number of hydrogen-bond acceptors (Lipinski definition) is 6. The Bertz CT molecular complexity index is 829. The van der Waals surface area contributed by atoms with Crippen LogP contribution in [0.15, 0.2) is 40.7 Å². The molecule has 8 heteroatoms. The Hall–Kier alpha value is -2.02. The van der Waals surface area contributed by atoms with Crippen LogP contribution >= 0.6 is 23.2 Å². The lowest BCUT2D eigenvalue weighted by Gasteiger charge is -2.31. The third kappa shape index (κ3) is 4.46. The Kier molecular flexibility index (Phi) is 6.92. The van der Waals surface area contributed by atoms with E-state index in [2.05, 4.69) is 5.32 Å². The zero-order chi connectivity index (χ0) is 20.3. The van der Waals surface area contributed by atoms with Crippen molar-refractivity contribution >= 4 is 35.1 Å². The number of carbonyl (C=O) groups excluding carboxylic acids is 2. The maximum absolute atomic E-state index is 12.8. The van der Waals surface area contributed by atoms with Gasteiger partial charge in [-0.3, -0.25) is 0 Å². The number of benzene rings is 1. The van der Waals surface area contributed by atoms with Crippen molar-refractivity contribution in [3.63, 3.8) is 0 Å². The molecule has 0 amide bonds. The Labute approximate surface area is 167 Å². The fourth-order valence-corrected chi connectivity index (χ4v) is 3.48. The highest BCUT2D eigenvalue weighted by Crippen LogP contribution is 2.42. The van der Waals surface area contributed by atoms with Crippen molar-refractivity contribution in [1.29, 1.82) is 0 Å². The number of carbonyl (C=O) groups is 2. The Morgan fingerprint density at radius 3 is 2.41 bits per heavy atom. The monoisotopic (exact) mass is 413 g/mol. The number of rotatable bonds is 5. The van der Waals surface area contributed by atoms with Crippen LogP contribution in [-0.2, 0) is 19.1 Å². The summed E-state index contributed by atoms with van der Waals surface area (Å²) in [5.41, 5.74) is 1.46. The third-order valence-electron chi connectivity index (χ3n) is 4.04. The van der Waals surface area contributed by atoms with Crippen molar-refractivity contribution in [1.82, 2.24) is 5.32 Å². The third-order valence-corrected chi connectivity index (χ3v) is 4.61. The van der Waals surface area contributed by atoms with Gasteiger partial charge in [-0.05, 0) is 38.5 Å². The predicted molar refractivity (Wildman–Crippen MR) is 102 cm³/mol. The van der Waals surface area contributed by atoms with Gasteiger partial charge in [-0.2, -0.15) is 0 Å². The highest BCUT2D eigenvalue weighted by atomic mass is 35.5. The second kappa shape index (κ2) is 8.78. The molecule has 1 heterocycles. The molecule has 1 unspecified atom stereocenters. The number of esters is 2. The quantitative estimate of drug-likeness (QED) is 0.720. The van der Waals surface area contributed by atoms with Crippen LogP contribution in [0.25, 0.3) is 0 Å². The molecular formula is C19H21Cl2NO5. The molecule has 1 atom stereocenters. The van der Waals surface area contributed by atoms with Crippen molar-refractivity contribution in [2.75, 3.05) is 13.7 Å². The van der Waals surface area contributed by atoms with Gasteiger partial charge in [0.25, 0.3) is 0 Å². The van der Waals surface area contributed by atoms with Crippen LogP contribution in [0.3, 0.4) is 0 Å². The summed E-state index contributed by atoms with van der Waals surface area (Å²) in [6, 6.07) is 4.77. The molecule has 2 N–H and O–H groups in total. The smallest absolute Gasteiger partial charge is 0.337 e. The SMILES string of the molecule is COC(=O)C1=C(CO)NC(C)=C(C(=O)OC(C)C)C1c1ccc(Cl)cc1Cl. The standard InChI is InChI=1S/C19H21Cl2NO5/c1-9(2)27-19(25)15-10(3)22-14(8-23)17(18(24)26-4)16(15)12-6-5-11(20)7-13(12)21/h5-7,9,16,22-23H,8H2,1-4H3. The van der Waals surface area contributed by atoms with E-state index in [9.17, 15) is 14.7 Å². The molecule has 0 aromatic heterocycles. The molecule has 0 saturated heterocycles. The average Bonchev–Trinajstić information content (AvgIpc) is 2.59. The Balaban J connectivity index is 2.74. The van der Waals surface area contributed by atoms with Gasteiger partial charge >= 0.3 is 11.9 Å². The van der Waals surface area contributed by atoms with Crippen molar-refractivity contribution in [3.05, 3.63) is 56.3 Å². The van der Waals surface area contributed by atoms with Gasteiger partial charge < -0.3 is 19.9 Å². The van der Waals surface area contributed by atoms with Crippen molar-refractivity contribution in [2.45, 2.75) is 32.8 Å². The maximum Gasteiger partial charge on any atom is 0.337 e. The summed E-state index contributed by atoms with van der Waals surface area (Å²) < 4.78 is 10.3. The van der Waals surface area contributed by atoms with Crippen LogP contribution in [0.5, 0.6) is 0 Å². The molecule has 27 heavy (non-hydrogen) atoms. The number of hydrogen-bond donors (Lipinski definition) is 2. The first-order valence-electron chi connectivity index (χ1n) is 8.27. The van der Waals surface area contributed by atoms with Crippen LogP contribution in [0.4, 0.5) is 0 Å². The minimum atomic E-state index is -0.878. The Morgan fingerprint density at radius 1 is 1.22 bits per heavy atom. The van der Waals surface area contributed by atoms with Gasteiger partial charge in [-0.1, -0.05) is 29.3 Å². The molecule has 1 aromatic rings. The zero-order valence-corrected chi connectivity index (χ0v) is 16.9. The highest BCUT2D eigenvalue weighted by molar-refractivity contribution is 6.35. The largest absolute Gasteiger partial charge is 0.466 e. The van der Waals surface area contributed by atoms with E-state index < -0.39 is 24.5 Å². The van der Waals surface area contributed by atoms with Crippen molar-refractivity contribution in [2.24, 2.45) is 0 Å². The molecule has 0 aliphatic carbocycles. The average molecular weight is 414 g/mol.